The van der Waals surface area contributed by atoms with Crippen LogP contribution in [0.1, 0.15) is 38.5 Å². The molecule has 0 aromatic carbocycles. The highest BCUT2D eigenvalue weighted by atomic mass is 79.9. The topological polar surface area (TPSA) is 55.7 Å². The molecule has 0 radical (unpaired) electrons. The highest BCUT2D eigenvalue weighted by molar-refractivity contribution is 9.09. The average molecular weight is 339 g/mol. The summed E-state index contributed by atoms with van der Waals surface area (Å²) in [6.45, 7) is 6.73. The minimum absolute atomic E-state index is 0.297. The predicted molar refractivity (Wildman–Crippen MR) is 85.0 cm³/mol. The van der Waals surface area contributed by atoms with E-state index in [4.69, 9.17) is 10.2 Å². The molecule has 2 heterocycles. The Morgan fingerprint density at radius 2 is 1.47 bits per heavy atom. The van der Waals surface area contributed by atoms with Crippen LogP contribution in [0.5, 0.6) is 0 Å². The Labute approximate surface area is 126 Å². The Hall–Kier alpha value is 0.320. The molecule has 4 nitrogen and oxygen atoms in total. The van der Waals surface area contributed by atoms with Gasteiger partial charge in [-0.15, -0.1) is 0 Å². The third kappa shape index (κ3) is 14.5. The van der Waals surface area contributed by atoms with Crippen molar-refractivity contribution < 1.29 is 10.2 Å². The molecule has 0 saturated carbocycles. The molecule has 2 aliphatic rings. The van der Waals surface area contributed by atoms with Gasteiger partial charge in [0.25, 0.3) is 0 Å². The first-order valence-corrected chi connectivity index (χ1v) is 8.68. The van der Waals surface area contributed by atoms with Crippen LogP contribution in [-0.4, -0.2) is 66.4 Å². The van der Waals surface area contributed by atoms with E-state index in [0.717, 1.165) is 24.7 Å². The largest absolute Gasteiger partial charge is 0.396 e. The molecule has 5 heteroatoms. The standard InChI is InChI=1S/C7H15NO.C4H9N.C3H7BrO/c9-7-3-6-8-4-1-2-5-8;1-2-4-5-3-1;4-2-1-3-5/h9H,1-7H2;5H,1-4H2;5H,1-3H2. The molecule has 0 spiro atoms. The molecule has 2 fully saturated rings. The maximum Gasteiger partial charge on any atom is 0.0443 e. The first-order valence-electron chi connectivity index (χ1n) is 7.56. The first-order chi connectivity index (χ1) is 9.35. The Morgan fingerprint density at radius 1 is 0.895 bits per heavy atom. The van der Waals surface area contributed by atoms with Gasteiger partial charge in [-0.05, 0) is 64.7 Å². The van der Waals surface area contributed by atoms with Gasteiger partial charge in [0.2, 0.25) is 0 Å². The number of nitrogens with one attached hydrogen (secondary N) is 1. The number of nitrogens with zero attached hydrogens (tertiary/aromatic N) is 1. The van der Waals surface area contributed by atoms with Crippen LogP contribution in [0.3, 0.4) is 0 Å². The SMILES string of the molecule is C1CCNC1.OCCCBr.OCCCN1CCCC1. The van der Waals surface area contributed by atoms with Gasteiger partial charge in [0.1, 0.15) is 0 Å². The van der Waals surface area contributed by atoms with Gasteiger partial charge in [-0.3, -0.25) is 0 Å². The maximum absolute atomic E-state index is 8.50. The summed E-state index contributed by atoms with van der Waals surface area (Å²) in [6, 6.07) is 0. The molecule has 2 aliphatic heterocycles. The molecule has 0 aromatic rings. The molecular formula is C14H31BrN2O2. The van der Waals surface area contributed by atoms with Crippen LogP contribution < -0.4 is 5.32 Å². The van der Waals surface area contributed by atoms with Gasteiger partial charge >= 0.3 is 0 Å². The molecular weight excluding hydrogens is 308 g/mol. The van der Waals surface area contributed by atoms with E-state index in [0.29, 0.717) is 13.2 Å². The van der Waals surface area contributed by atoms with Crippen LogP contribution in [0.15, 0.2) is 0 Å². The minimum atomic E-state index is 0.297. The van der Waals surface area contributed by atoms with Crippen molar-refractivity contribution in [1.82, 2.24) is 10.2 Å². The summed E-state index contributed by atoms with van der Waals surface area (Å²) in [7, 11) is 0. The van der Waals surface area contributed by atoms with Crippen LogP contribution >= 0.6 is 15.9 Å². The number of aliphatic hydroxyl groups is 2. The molecule has 0 amide bonds. The van der Waals surface area contributed by atoms with Crippen LogP contribution in [-0.2, 0) is 0 Å². The van der Waals surface area contributed by atoms with Crippen molar-refractivity contribution in [1.29, 1.82) is 0 Å². The minimum Gasteiger partial charge on any atom is -0.396 e. The zero-order valence-corrected chi connectivity index (χ0v) is 13.7. The normalized spacial score (nSPS) is 18.5. The molecule has 0 aliphatic carbocycles. The van der Waals surface area contributed by atoms with Crippen LogP contribution in [0, 0.1) is 0 Å². The summed E-state index contributed by atoms with van der Waals surface area (Å²) in [5.74, 6) is 0. The zero-order chi connectivity index (χ0) is 14.2. The van der Waals surface area contributed by atoms with E-state index in [1.165, 1.54) is 51.9 Å². The highest BCUT2D eigenvalue weighted by Crippen LogP contribution is 2.06. The molecule has 0 unspecified atom stereocenters. The van der Waals surface area contributed by atoms with Crippen LogP contribution in [0.25, 0.3) is 0 Å². The van der Waals surface area contributed by atoms with Gasteiger partial charge < -0.3 is 20.4 Å². The molecule has 116 valence electrons. The lowest BCUT2D eigenvalue weighted by atomic mass is 10.4. The summed E-state index contributed by atoms with van der Waals surface area (Å²) in [6.07, 6.45) is 7.29. The van der Waals surface area contributed by atoms with Crippen molar-refractivity contribution >= 4 is 15.9 Å². The van der Waals surface area contributed by atoms with E-state index in [1.54, 1.807) is 0 Å². The fourth-order valence-electron chi connectivity index (χ4n) is 1.99. The van der Waals surface area contributed by atoms with Crippen molar-refractivity contribution in [3.63, 3.8) is 0 Å². The van der Waals surface area contributed by atoms with Gasteiger partial charge in [-0.25, -0.2) is 0 Å². The number of halogens is 1. The van der Waals surface area contributed by atoms with Crippen molar-refractivity contribution in [2.24, 2.45) is 0 Å². The number of aliphatic hydroxyl groups excluding tert-OH is 2. The summed E-state index contributed by atoms with van der Waals surface area (Å²) < 4.78 is 0. The lowest BCUT2D eigenvalue weighted by Gasteiger charge is -2.12. The van der Waals surface area contributed by atoms with Gasteiger partial charge in [-0.2, -0.15) is 0 Å². The third-order valence-corrected chi connectivity index (χ3v) is 3.64. The predicted octanol–water partition coefficient (Wildman–Crippen LogP) is 1.60. The molecule has 0 atom stereocenters. The number of hydrogen-bond acceptors (Lipinski definition) is 4. The molecule has 0 bridgehead atoms. The molecule has 2 rings (SSSR count). The van der Waals surface area contributed by atoms with Gasteiger partial charge in [0.15, 0.2) is 0 Å². The summed E-state index contributed by atoms with van der Waals surface area (Å²) in [5, 5.41) is 20.7. The highest BCUT2D eigenvalue weighted by Gasteiger charge is 2.09. The number of alkyl halides is 1. The van der Waals surface area contributed by atoms with Gasteiger partial charge in [0, 0.05) is 25.1 Å². The number of likely N-dealkylation sites (tertiary alicyclic amines) is 1. The fourth-order valence-corrected chi connectivity index (χ4v) is 2.24. The van der Waals surface area contributed by atoms with Crippen molar-refractivity contribution in [2.75, 3.05) is 51.3 Å². The molecule has 0 aromatic heterocycles. The summed E-state index contributed by atoms with van der Waals surface area (Å²) in [4.78, 5) is 2.41. The Morgan fingerprint density at radius 3 is 1.79 bits per heavy atom. The number of hydrogen-bond donors (Lipinski definition) is 3. The Bertz CT molecular complexity index is 154. The molecule has 19 heavy (non-hydrogen) atoms. The monoisotopic (exact) mass is 338 g/mol. The molecule has 3 N–H and O–H groups in total. The Balaban J connectivity index is 0.000000278. The van der Waals surface area contributed by atoms with Crippen LogP contribution in [0.4, 0.5) is 0 Å². The third-order valence-electron chi connectivity index (χ3n) is 3.08. The van der Waals surface area contributed by atoms with E-state index >= 15 is 0 Å². The molecule has 2 saturated heterocycles. The van der Waals surface area contributed by atoms with Crippen LogP contribution in [0.2, 0.25) is 0 Å². The maximum atomic E-state index is 8.50. The second-order valence-corrected chi connectivity index (χ2v) is 5.64. The lowest BCUT2D eigenvalue weighted by Crippen LogP contribution is -2.20. The fraction of sp³-hybridized carbons (Fsp3) is 1.00. The number of rotatable bonds is 5. The van der Waals surface area contributed by atoms with Gasteiger partial charge in [0.05, 0.1) is 0 Å². The van der Waals surface area contributed by atoms with Crippen molar-refractivity contribution in [3.05, 3.63) is 0 Å². The second-order valence-electron chi connectivity index (χ2n) is 4.85. The summed E-state index contributed by atoms with van der Waals surface area (Å²) >= 11 is 3.15. The van der Waals surface area contributed by atoms with E-state index in [-0.39, 0.29) is 0 Å². The quantitative estimate of drug-likeness (QED) is 0.666. The Kier molecular flexibility index (Phi) is 16.7. The smallest absolute Gasteiger partial charge is 0.0443 e. The lowest BCUT2D eigenvalue weighted by molar-refractivity contribution is 0.248. The zero-order valence-electron chi connectivity index (χ0n) is 12.1. The van der Waals surface area contributed by atoms with Crippen molar-refractivity contribution in [2.45, 2.75) is 38.5 Å². The van der Waals surface area contributed by atoms with Gasteiger partial charge in [-0.1, -0.05) is 15.9 Å². The average Bonchev–Trinajstić information content (AvgIpc) is 3.14. The first kappa shape index (κ1) is 19.3. The van der Waals surface area contributed by atoms with Crippen molar-refractivity contribution in [3.8, 4) is 0 Å². The van der Waals surface area contributed by atoms with E-state index in [1.807, 2.05) is 0 Å². The van der Waals surface area contributed by atoms with E-state index in [2.05, 4.69) is 26.1 Å². The summed E-state index contributed by atoms with van der Waals surface area (Å²) in [5.41, 5.74) is 0. The van der Waals surface area contributed by atoms with E-state index < -0.39 is 0 Å². The van der Waals surface area contributed by atoms with E-state index in [9.17, 15) is 0 Å². The second kappa shape index (κ2) is 16.4.